The van der Waals surface area contributed by atoms with Crippen molar-refractivity contribution in [3.8, 4) is 0 Å². The van der Waals surface area contributed by atoms with E-state index >= 15 is 0 Å². The third kappa shape index (κ3) is 4.83. The van der Waals surface area contributed by atoms with Crippen LogP contribution in [0.4, 0.5) is 5.82 Å². The maximum Gasteiger partial charge on any atom is 0.351 e. The quantitative estimate of drug-likeness (QED) is 0.663. The molecule has 1 amide bonds. The van der Waals surface area contributed by atoms with Gasteiger partial charge in [-0.05, 0) is 18.2 Å². The highest BCUT2D eigenvalue weighted by Gasteiger charge is 2.46. The number of hydrogen-bond donors (Lipinski definition) is 2. The number of aliphatic hydroxyl groups excluding tert-OH is 1. The predicted octanol–water partition coefficient (Wildman–Crippen LogP) is 0.101. The normalized spacial score (nSPS) is 26.6. The van der Waals surface area contributed by atoms with Crippen LogP contribution < -0.4 is 11.0 Å². The second-order valence-electron chi connectivity index (χ2n) is 7.49. The molecule has 3 heterocycles. The summed E-state index contributed by atoms with van der Waals surface area (Å²) in [5.74, 6) is -0.231. The summed E-state index contributed by atoms with van der Waals surface area (Å²) >= 11 is 0. The molecule has 10 heteroatoms. The van der Waals surface area contributed by atoms with Gasteiger partial charge in [-0.2, -0.15) is 4.98 Å². The Morgan fingerprint density at radius 3 is 2.68 bits per heavy atom. The van der Waals surface area contributed by atoms with Gasteiger partial charge in [-0.25, -0.2) is 4.79 Å². The maximum absolute atomic E-state index is 12.7. The minimum Gasteiger partial charge on any atom is -0.387 e. The number of aromatic nitrogens is 2. The monoisotopic (exact) mass is 430 g/mol. The number of amides is 1. The van der Waals surface area contributed by atoms with Crippen LogP contribution in [0.3, 0.4) is 0 Å². The first-order valence-corrected chi connectivity index (χ1v) is 10.2. The summed E-state index contributed by atoms with van der Waals surface area (Å²) in [6.07, 6.45) is -1.49. The van der Waals surface area contributed by atoms with Crippen LogP contribution in [0.5, 0.6) is 0 Å². The second kappa shape index (κ2) is 9.67. The van der Waals surface area contributed by atoms with E-state index in [9.17, 15) is 14.7 Å². The van der Waals surface area contributed by atoms with Crippen molar-refractivity contribution in [3.63, 3.8) is 0 Å². The number of rotatable bonds is 6. The van der Waals surface area contributed by atoms with Gasteiger partial charge in [0.1, 0.15) is 24.1 Å². The van der Waals surface area contributed by atoms with Gasteiger partial charge < -0.3 is 24.6 Å². The van der Waals surface area contributed by atoms with Gasteiger partial charge in [0.25, 0.3) is 5.91 Å². The fourth-order valence-electron chi connectivity index (χ4n) is 3.84. The lowest BCUT2D eigenvalue weighted by atomic mass is 10.1. The molecule has 2 aliphatic heterocycles. The zero-order valence-corrected chi connectivity index (χ0v) is 17.2. The molecule has 0 spiro atoms. The first-order valence-electron chi connectivity index (χ1n) is 10.2. The van der Waals surface area contributed by atoms with Gasteiger partial charge in [0.15, 0.2) is 6.23 Å². The van der Waals surface area contributed by atoms with E-state index < -0.39 is 30.2 Å². The van der Waals surface area contributed by atoms with E-state index in [2.05, 4.69) is 15.2 Å². The molecule has 2 fully saturated rings. The molecule has 31 heavy (non-hydrogen) atoms. The van der Waals surface area contributed by atoms with E-state index in [0.29, 0.717) is 25.3 Å². The Morgan fingerprint density at radius 2 is 2.00 bits per heavy atom. The van der Waals surface area contributed by atoms with Crippen molar-refractivity contribution in [3.05, 3.63) is 58.6 Å². The van der Waals surface area contributed by atoms with Crippen LogP contribution >= 0.6 is 0 Å². The lowest BCUT2D eigenvalue weighted by molar-refractivity contribution is -0.0640. The van der Waals surface area contributed by atoms with Crippen LogP contribution in [-0.4, -0.2) is 83.7 Å². The van der Waals surface area contributed by atoms with E-state index in [-0.39, 0.29) is 11.7 Å². The van der Waals surface area contributed by atoms with Gasteiger partial charge in [0, 0.05) is 38.5 Å². The van der Waals surface area contributed by atoms with E-state index in [1.165, 1.54) is 23.9 Å². The molecule has 2 aromatic rings. The van der Waals surface area contributed by atoms with Crippen molar-refractivity contribution in [2.75, 3.05) is 45.3 Å². The summed E-state index contributed by atoms with van der Waals surface area (Å²) in [5.41, 5.74) is -0.154. The van der Waals surface area contributed by atoms with Crippen molar-refractivity contribution < 1.29 is 24.1 Å². The average Bonchev–Trinajstić information content (AvgIpc) is 3.10. The Hall–Kier alpha value is -2.63. The number of carbonyl (C=O) groups is 1. The van der Waals surface area contributed by atoms with Crippen LogP contribution in [0, 0.1) is 0 Å². The average molecular weight is 430 g/mol. The van der Waals surface area contributed by atoms with Crippen molar-refractivity contribution in [1.29, 1.82) is 0 Å². The molecule has 1 aromatic carbocycles. The molecule has 4 atom stereocenters. The first-order chi connectivity index (χ1) is 15.1. The molecule has 0 radical (unpaired) electrons. The number of aliphatic hydroxyl groups is 1. The standard InChI is InChI=1S/C21H26N4O6/c1-29-18-17(26)15(13-24-9-11-30-12-10-24)31-20(18)25-8-7-16(23-21(25)28)22-19(27)14-5-3-2-4-6-14/h2-8,15,17-18,20,26H,9-13H2,1H3,(H,22,23,27,28)/t15-,17?,18+,20-/m1/s1. The van der Waals surface area contributed by atoms with E-state index in [1.807, 2.05) is 6.07 Å². The molecule has 0 aliphatic carbocycles. The third-order valence-electron chi connectivity index (χ3n) is 5.51. The van der Waals surface area contributed by atoms with Crippen molar-refractivity contribution in [2.45, 2.75) is 24.5 Å². The molecule has 1 unspecified atom stereocenters. The highest BCUT2D eigenvalue weighted by atomic mass is 16.6. The number of nitrogens with zero attached hydrogens (tertiary/aromatic N) is 3. The Morgan fingerprint density at radius 1 is 1.26 bits per heavy atom. The Balaban J connectivity index is 1.47. The highest BCUT2D eigenvalue weighted by Crippen LogP contribution is 2.31. The molecule has 2 N–H and O–H groups in total. The summed E-state index contributed by atoms with van der Waals surface area (Å²) in [7, 11) is 1.47. The van der Waals surface area contributed by atoms with Crippen LogP contribution in [0.2, 0.25) is 0 Å². The van der Waals surface area contributed by atoms with Gasteiger partial charge in [0.2, 0.25) is 0 Å². The van der Waals surface area contributed by atoms with Crippen LogP contribution in [0.15, 0.2) is 47.4 Å². The number of methoxy groups -OCH3 is 1. The number of nitrogens with one attached hydrogen (secondary N) is 1. The Bertz CT molecular complexity index is 946. The number of carbonyl (C=O) groups excluding carboxylic acids is 1. The van der Waals surface area contributed by atoms with E-state index in [1.54, 1.807) is 24.3 Å². The minimum absolute atomic E-state index is 0.132. The number of morpholine rings is 1. The number of benzene rings is 1. The SMILES string of the molecule is CO[C@H]1C(O)[C@@H](CN2CCOCC2)O[C@H]1n1ccc(NC(=O)c2ccccc2)nc1=O. The molecule has 2 aliphatic rings. The maximum atomic E-state index is 12.7. The fraction of sp³-hybridized carbons (Fsp3) is 0.476. The van der Waals surface area contributed by atoms with Gasteiger partial charge in [-0.1, -0.05) is 18.2 Å². The summed E-state index contributed by atoms with van der Waals surface area (Å²) in [6, 6.07) is 10.2. The second-order valence-corrected chi connectivity index (χ2v) is 7.49. The summed E-state index contributed by atoms with van der Waals surface area (Å²) in [5, 5.41) is 13.3. The summed E-state index contributed by atoms with van der Waals surface area (Å²) in [6.45, 7) is 3.30. The van der Waals surface area contributed by atoms with E-state index in [0.717, 1.165) is 13.1 Å². The predicted molar refractivity (Wildman–Crippen MR) is 111 cm³/mol. The molecule has 166 valence electrons. The summed E-state index contributed by atoms with van der Waals surface area (Å²) in [4.78, 5) is 31.1. The van der Waals surface area contributed by atoms with Crippen LogP contribution in [-0.2, 0) is 14.2 Å². The third-order valence-corrected chi connectivity index (χ3v) is 5.51. The number of anilines is 1. The lowest BCUT2D eigenvalue weighted by Crippen LogP contribution is -2.45. The fourth-order valence-corrected chi connectivity index (χ4v) is 3.84. The number of hydrogen-bond acceptors (Lipinski definition) is 8. The van der Waals surface area contributed by atoms with Crippen LogP contribution in [0.25, 0.3) is 0 Å². The molecule has 1 aromatic heterocycles. The van der Waals surface area contributed by atoms with E-state index in [4.69, 9.17) is 14.2 Å². The Labute approximate surface area is 179 Å². The van der Waals surface area contributed by atoms with Crippen molar-refractivity contribution in [2.24, 2.45) is 0 Å². The van der Waals surface area contributed by atoms with Gasteiger partial charge in [0.05, 0.1) is 13.2 Å². The molecular formula is C21H26N4O6. The molecule has 10 nitrogen and oxygen atoms in total. The minimum atomic E-state index is -0.901. The summed E-state index contributed by atoms with van der Waals surface area (Å²) < 4.78 is 18.1. The molecule has 2 saturated heterocycles. The van der Waals surface area contributed by atoms with Crippen molar-refractivity contribution in [1.82, 2.24) is 14.5 Å². The van der Waals surface area contributed by atoms with Gasteiger partial charge in [-0.15, -0.1) is 0 Å². The largest absolute Gasteiger partial charge is 0.387 e. The van der Waals surface area contributed by atoms with Crippen LogP contribution in [0.1, 0.15) is 16.6 Å². The highest BCUT2D eigenvalue weighted by molar-refractivity contribution is 6.03. The molecule has 4 rings (SSSR count). The topological polar surface area (TPSA) is 115 Å². The Kier molecular flexibility index (Phi) is 6.73. The lowest BCUT2D eigenvalue weighted by Gasteiger charge is -2.29. The molecule has 0 saturated carbocycles. The molecule has 0 bridgehead atoms. The molecular weight excluding hydrogens is 404 g/mol. The number of ether oxygens (including phenoxy) is 3. The zero-order valence-electron chi connectivity index (χ0n) is 17.2. The van der Waals surface area contributed by atoms with Crippen molar-refractivity contribution >= 4 is 11.7 Å². The van der Waals surface area contributed by atoms with Gasteiger partial charge >= 0.3 is 5.69 Å². The first kappa shape index (κ1) is 21.6. The smallest absolute Gasteiger partial charge is 0.351 e. The zero-order chi connectivity index (χ0) is 21.8. The van der Waals surface area contributed by atoms with Gasteiger partial charge in [-0.3, -0.25) is 14.3 Å².